The first-order valence-corrected chi connectivity index (χ1v) is 11.0. The van der Waals surface area contributed by atoms with E-state index in [9.17, 15) is 14.4 Å². The molecule has 7 heteroatoms. The van der Waals surface area contributed by atoms with Crippen LogP contribution in [0.1, 0.15) is 42.8 Å². The van der Waals surface area contributed by atoms with Crippen molar-refractivity contribution in [2.24, 2.45) is 10.8 Å². The first-order valence-electron chi connectivity index (χ1n) is 8.95. The lowest BCUT2D eigenvalue weighted by atomic mass is 9.64. The number of alkyl halides is 1. The molecule has 0 N–H and O–H groups in total. The van der Waals surface area contributed by atoms with Gasteiger partial charge in [-0.15, -0.1) is 0 Å². The van der Waals surface area contributed by atoms with Crippen molar-refractivity contribution < 1.29 is 19.1 Å². The Morgan fingerprint density at radius 1 is 1.03 bits per heavy atom. The third-order valence-electron chi connectivity index (χ3n) is 5.40. The molecule has 3 rings (SSSR count). The number of carbonyl (C=O) groups excluding carboxylic acids is 3. The largest absolute Gasteiger partial charge is 0.456 e. The van der Waals surface area contributed by atoms with E-state index < -0.39 is 27.7 Å². The van der Waals surface area contributed by atoms with Gasteiger partial charge in [0.1, 0.15) is 16.3 Å². The Balaban J connectivity index is 1.97. The number of hydrogen-bond donors (Lipinski definition) is 0. The number of rotatable bonds is 4. The van der Waals surface area contributed by atoms with E-state index in [1.54, 1.807) is 38.1 Å². The van der Waals surface area contributed by atoms with Crippen LogP contribution in [0.15, 0.2) is 53.0 Å². The molecule has 1 fully saturated rings. The highest BCUT2D eigenvalue weighted by molar-refractivity contribution is 9.10. The van der Waals surface area contributed by atoms with Crippen LogP contribution >= 0.6 is 43.5 Å². The number of halogens is 3. The van der Waals surface area contributed by atoms with Crippen molar-refractivity contribution in [1.82, 2.24) is 0 Å². The van der Waals surface area contributed by atoms with E-state index in [2.05, 4.69) is 31.9 Å². The first kappa shape index (κ1) is 22.2. The normalized spacial score (nSPS) is 24.7. The third-order valence-corrected chi connectivity index (χ3v) is 7.51. The summed E-state index contributed by atoms with van der Waals surface area (Å²) < 4.78 is 6.64. The van der Waals surface area contributed by atoms with Crippen molar-refractivity contribution in [3.63, 3.8) is 0 Å². The number of cyclic esters (lactones) is 1. The molecule has 0 saturated carbocycles. The number of esters is 1. The molecular formula is C22H19Br2ClO4. The van der Waals surface area contributed by atoms with E-state index >= 15 is 0 Å². The monoisotopic (exact) mass is 540 g/mol. The van der Waals surface area contributed by atoms with Crippen molar-refractivity contribution in [3.05, 3.63) is 69.2 Å². The SMILES string of the molecule is CC1(C)C(=O)[C@](C)([C@@H](Br)C(=O)c2ccc(Cl)cc2)C(=O)O[C@H]1c1ccc(Br)cc1. The van der Waals surface area contributed by atoms with Gasteiger partial charge in [0.05, 0.1) is 5.41 Å². The highest BCUT2D eigenvalue weighted by atomic mass is 79.9. The van der Waals surface area contributed by atoms with E-state index in [1.165, 1.54) is 6.92 Å². The highest BCUT2D eigenvalue weighted by Gasteiger charge is 2.62. The average Bonchev–Trinajstić information content (AvgIpc) is 2.69. The summed E-state index contributed by atoms with van der Waals surface area (Å²) in [5.74, 6) is -1.45. The number of hydrogen-bond acceptors (Lipinski definition) is 4. The standard InChI is InChI=1S/C22H19Br2ClO4/c1-21(2)18(13-4-8-14(23)9-5-13)29-20(28)22(3,19(21)27)17(24)16(26)12-6-10-15(25)11-7-12/h4-11,17-18H,1-3H3/t17-,18-,22-/m0/s1. The summed E-state index contributed by atoms with van der Waals surface area (Å²) in [6, 6.07) is 13.6. The molecule has 0 bridgehead atoms. The van der Waals surface area contributed by atoms with Gasteiger partial charge >= 0.3 is 5.97 Å². The zero-order valence-corrected chi connectivity index (χ0v) is 20.0. The Morgan fingerprint density at radius 2 is 1.59 bits per heavy atom. The van der Waals surface area contributed by atoms with Gasteiger partial charge in [0.2, 0.25) is 0 Å². The Kier molecular flexibility index (Phi) is 6.10. The quantitative estimate of drug-likeness (QED) is 0.207. The summed E-state index contributed by atoms with van der Waals surface area (Å²) in [7, 11) is 0. The molecule has 1 heterocycles. The second kappa shape index (κ2) is 7.97. The van der Waals surface area contributed by atoms with Gasteiger partial charge in [0.25, 0.3) is 0 Å². The minimum absolute atomic E-state index is 0.349. The summed E-state index contributed by atoms with van der Waals surface area (Å²) >= 11 is 12.6. The zero-order chi connectivity index (χ0) is 21.6. The van der Waals surface area contributed by atoms with Gasteiger partial charge in [-0.05, 0) is 62.7 Å². The molecule has 0 aromatic heterocycles. The lowest BCUT2D eigenvalue weighted by molar-refractivity contribution is -0.187. The average molecular weight is 543 g/mol. The molecule has 0 unspecified atom stereocenters. The maximum atomic E-state index is 13.5. The van der Waals surface area contributed by atoms with Gasteiger partial charge in [0.15, 0.2) is 11.6 Å². The third kappa shape index (κ3) is 3.82. The van der Waals surface area contributed by atoms with Gasteiger partial charge in [-0.1, -0.05) is 55.6 Å². The van der Waals surface area contributed by atoms with Crippen LogP contribution in [0, 0.1) is 10.8 Å². The minimum atomic E-state index is -1.66. The first-order chi connectivity index (χ1) is 13.5. The Labute approximate surface area is 191 Å². The van der Waals surface area contributed by atoms with Crippen LogP contribution in [0.25, 0.3) is 0 Å². The summed E-state index contributed by atoms with van der Waals surface area (Å²) in [4.78, 5) is 38.5. The van der Waals surface area contributed by atoms with E-state index in [0.717, 1.165) is 10.0 Å². The van der Waals surface area contributed by atoms with Crippen molar-refractivity contribution in [2.45, 2.75) is 31.7 Å². The summed E-state index contributed by atoms with van der Waals surface area (Å²) in [5, 5.41) is 0.491. The molecule has 3 atom stereocenters. The Morgan fingerprint density at radius 3 is 2.14 bits per heavy atom. The van der Waals surface area contributed by atoms with Gasteiger partial charge in [-0.25, -0.2) is 0 Å². The molecule has 0 amide bonds. The maximum absolute atomic E-state index is 13.5. The lowest BCUT2D eigenvalue weighted by Gasteiger charge is -2.46. The van der Waals surface area contributed by atoms with Crippen LogP contribution in [0.5, 0.6) is 0 Å². The molecule has 2 aromatic carbocycles. The molecule has 1 saturated heterocycles. The highest BCUT2D eigenvalue weighted by Crippen LogP contribution is 2.50. The van der Waals surface area contributed by atoms with Crippen molar-refractivity contribution in [1.29, 1.82) is 0 Å². The molecule has 152 valence electrons. The van der Waals surface area contributed by atoms with Crippen LogP contribution < -0.4 is 0 Å². The van der Waals surface area contributed by atoms with E-state index in [4.69, 9.17) is 16.3 Å². The van der Waals surface area contributed by atoms with Gasteiger partial charge in [0, 0.05) is 15.1 Å². The van der Waals surface area contributed by atoms with Crippen molar-refractivity contribution >= 4 is 61.0 Å². The van der Waals surface area contributed by atoms with Crippen LogP contribution in [0.2, 0.25) is 5.02 Å². The smallest absolute Gasteiger partial charge is 0.321 e. The molecular weight excluding hydrogens is 523 g/mol. The molecule has 1 aliphatic rings. The minimum Gasteiger partial charge on any atom is -0.456 e. The summed E-state index contributed by atoms with van der Waals surface area (Å²) in [5.41, 5.74) is -1.61. The van der Waals surface area contributed by atoms with Gasteiger partial charge in [-0.3, -0.25) is 14.4 Å². The fourth-order valence-electron chi connectivity index (χ4n) is 3.62. The van der Waals surface area contributed by atoms with Crippen LogP contribution in [0.3, 0.4) is 0 Å². The topological polar surface area (TPSA) is 60.4 Å². The summed E-state index contributed by atoms with van der Waals surface area (Å²) in [6.07, 6.45) is -0.742. The van der Waals surface area contributed by atoms with Crippen LogP contribution in [-0.2, 0) is 14.3 Å². The van der Waals surface area contributed by atoms with Crippen LogP contribution in [0.4, 0.5) is 0 Å². The number of carbonyl (C=O) groups is 3. The van der Waals surface area contributed by atoms with E-state index in [1.807, 2.05) is 24.3 Å². The van der Waals surface area contributed by atoms with E-state index in [-0.39, 0.29) is 11.6 Å². The Bertz CT molecular complexity index is 969. The second-order valence-corrected chi connectivity index (χ2v) is 10.1. The molecule has 0 aliphatic carbocycles. The van der Waals surface area contributed by atoms with Crippen LogP contribution in [-0.4, -0.2) is 22.4 Å². The molecule has 0 spiro atoms. The second-order valence-electron chi connectivity index (χ2n) is 7.82. The number of ether oxygens (including phenoxy) is 1. The fourth-order valence-corrected chi connectivity index (χ4v) is 4.67. The zero-order valence-electron chi connectivity index (χ0n) is 16.0. The predicted octanol–water partition coefficient (Wildman–Crippen LogP) is 5.95. The fraction of sp³-hybridized carbons (Fsp3) is 0.318. The molecule has 29 heavy (non-hydrogen) atoms. The van der Waals surface area contributed by atoms with Gasteiger partial charge in [-0.2, -0.15) is 0 Å². The molecule has 2 aromatic rings. The summed E-state index contributed by atoms with van der Waals surface area (Å²) in [6.45, 7) is 4.93. The maximum Gasteiger partial charge on any atom is 0.321 e. The lowest BCUT2D eigenvalue weighted by Crippen LogP contribution is -2.59. The predicted molar refractivity (Wildman–Crippen MR) is 118 cm³/mol. The van der Waals surface area contributed by atoms with E-state index in [0.29, 0.717) is 10.6 Å². The molecule has 1 aliphatic heterocycles. The van der Waals surface area contributed by atoms with Crippen molar-refractivity contribution in [2.75, 3.05) is 0 Å². The Hall–Kier alpha value is -1.50. The van der Waals surface area contributed by atoms with Crippen molar-refractivity contribution in [3.8, 4) is 0 Å². The number of benzene rings is 2. The molecule has 0 radical (unpaired) electrons. The van der Waals surface area contributed by atoms with Gasteiger partial charge < -0.3 is 4.74 Å². The number of Topliss-reactive ketones (excluding diaryl/α,β-unsaturated/α-hetero) is 2. The molecule has 4 nitrogen and oxygen atoms in total. The number of ketones is 2.